The average Bonchev–Trinajstić information content (AvgIpc) is 3.57. The van der Waals surface area contributed by atoms with Gasteiger partial charge in [0.05, 0.1) is 24.2 Å². The standard InChI is InChI=1S/C19H23N4O3.C9H7F2N.C4H10.K.H2O/c20-12-17-4-3-11-23(17)19(26)13-22(14-24)10-2-1-5-18(25)15-6-8-16(21)9-7-15;1-5-2-7-8(11)3-6(10)4-9(7)12-5;1-4(2)3;;/h3,6-9,14,17H,1-2,4-5,10-11,13,21H2;2-4,12H,1H3;4H,1-3H3;;1H2/q-1;;;+1;/p-1. The molecule has 2 heterocycles. The van der Waals surface area contributed by atoms with Gasteiger partial charge in [-0.15, -0.1) is 13.0 Å². The first kappa shape index (κ1) is 41.3. The largest absolute Gasteiger partial charge is 1.00 e. The number of halogens is 2. The number of carbonyl (C=O) groups is 3. The topological polar surface area (TPSA) is 153 Å². The van der Waals surface area contributed by atoms with Crippen molar-refractivity contribution in [1.82, 2.24) is 14.8 Å². The Labute approximate surface area is 300 Å². The molecule has 4 rings (SSSR count). The van der Waals surface area contributed by atoms with Gasteiger partial charge in [0.2, 0.25) is 12.3 Å². The monoisotopic (exact) mass is 636 g/mol. The number of aromatic amines is 1. The molecule has 0 radical (unpaired) electrons. The van der Waals surface area contributed by atoms with Crippen LogP contribution in [0.5, 0.6) is 0 Å². The summed E-state index contributed by atoms with van der Waals surface area (Å²) in [6.07, 6.45) is 4.72. The third-order valence-electron chi connectivity index (χ3n) is 6.17. The summed E-state index contributed by atoms with van der Waals surface area (Å²) in [5.41, 5.74) is 8.16. The zero-order valence-corrected chi connectivity index (χ0v) is 29.3. The number of amides is 2. The van der Waals surface area contributed by atoms with Crippen molar-refractivity contribution < 1.29 is 80.0 Å². The van der Waals surface area contributed by atoms with Gasteiger partial charge in [-0.25, -0.2) is 8.78 Å². The van der Waals surface area contributed by atoms with E-state index in [0.717, 1.165) is 17.7 Å². The van der Waals surface area contributed by atoms with Gasteiger partial charge in [-0.1, -0.05) is 20.8 Å². The number of unbranched alkanes of at least 4 members (excludes halogenated alkanes) is 1. The molecule has 9 nitrogen and oxygen atoms in total. The number of nitrogens with two attached hydrogens (primary N) is 1. The summed E-state index contributed by atoms with van der Waals surface area (Å²) in [5, 5.41) is 9.46. The normalized spacial score (nSPS) is 13.3. The van der Waals surface area contributed by atoms with E-state index in [-0.39, 0.29) is 75.1 Å². The number of aromatic nitrogens is 1. The van der Waals surface area contributed by atoms with Gasteiger partial charge in [0.15, 0.2) is 5.78 Å². The number of anilines is 1. The van der Waals surface area contributed by atoms with Crippen LogP contribution in [-0.4, -0.2) is 64.0 Å². The van der Waals surface area contributed by atoms with Crippen molar-refractivity contribution in [3.05, 3.63) is 71.8 Å². The Morgan fingerprint density at radius 1 is 1.18 bits per heavy atom. The molecule has 234 valence electrons. The first-order chi connectivity index (χ1) is 19.9. The molecule has 0 aliphatic carbocycles. The van der Waals surface area contributed by atoms with E-state index < -0.39 is 17.7 Å². The van der Waals surface area contributed by atoms with Crippen molar-refractivity contribution in [3.8, 4) is 6.07 Å². The Hall–Kier alpha value is -2.66. The second-order valence-electron chi connectivity index (χ2n) is 10.8. The predicted octanol–water partition coefficient (Wildman–Crippen LogP) is 2.65. The van der Waals surface area contributed by atoms with Crippen molar-refractivity contribution >= 4 is 34.7 Å². The fourth-order valence-corrected chi connectivity index (χ4v) is 4.17. The van der Waals surface area contributed by atoms with Crippen LogP contribution in [-0.2, 0) is 9.59 Å². The summed E-state index contributed by atoms with van der Waals surface area (Å²) < 4.78 is 25.6. The van der Waals surface area contributed by atoms with E-state index in [1.807, 2.05) is 6.42 Å². The van der Waals surface area contributed by atoms with Gasteiger partial charge in [-0.3, -0.25) is 14.4 Å². The third-order valence-corrected chi connectivity index (χ3v) is 6.17. The number of benzene rings is 2. The van der Waals surface area contributed by atoms with Gasteiger partial charge >= 0.3 is 51.4 Å². The Morgan fingerprint density at radius 2 is 1.82 bits per heavy atom. The predicted molar refractivity (Wildman–Crippen MR) is 162 cm³/mol. The molecule has 0 bridgehead atoms. The summed E-state index contributed by atoms with van der Waals surface area (Å²) >= 11 is 0. The van der Waals surface area contributed by atoms with Gasteiger partial charge in [-0.2, -0.15) is 5.26 Å². The quantitative estimate of drug-likeness (QED) is 0.0920. The molecule has 1 aliphatic heterocycles. The maximum absolute atomic E-state index is 13.0. The molecule has 3 aromatic rings. The fourth-order valence-electron chi connectivity index (χ4n) is 4.17. The number of nitrogen functional groups attached to an aromatic ring is 1. The van der Waals surface area contributed by atoms with Crippen molar-refractivity contribution in [1.29, 1.82) is 5.26 Å². The Bertz CT molecular complexity index is 1370. The summed E-state index contributed by atoms with van der Waals surface area (Å²) in [6.45, 7) is 9.11. The number of H-pyrrole nitrogens is 1. The molecule has 1 saturated heterocycles. The number of fused-ring (bicyclic) bond motifs is 1. The molecule has 1 fully saturated rings. The zero-order valence-electron chi connectivity index (χ0n) is 26.1. The molecule has 12 heteroatoms. The molecular formula is C32H41F2KN5O4-. The molecule has 1 atom stereocenters. The summed E-state index contributed by atoms with van der Waals surface area (Å²) in [5.74, 6) is -0.435. The number of Topliss-reactive ketones (excluding diaryl/α,β-unsaturated/α-hetero) is 1. The molecule has 1 aromatic heterocycles. The number of carbonyl (C=O) groups excluding carboxylic acids is 3. The fraction of sp³-hybridized carbons (Fsp3) is 0.406. The summed E-state index contributed by atoms with van der Waals surface area (Å²) in [4.78, 5) is 41.2. The van der Waals surface area contributed by atoms with Crippen molar-refractivity contribution in [2.45, 2.75) is 59.4 Å². The van der Waals surface area contributed by atoms with Gasteiger partial charge in [0.25, 0.3) is 0 Å². The van der Waals surface area contributed by atoms with Crippen molar-refractivity contribution in [2.75, 3.05) is 25.4 Å². The summed E-state index contributed by atoms with van der Waals surface area (Å²) in [7, 11) is 0. The van der Waals surface area contributed by atoms with Crippen LogP contribution in [0.2, 0.25) is 0 Å². The van der Waals surface area contributed by atoms with E-state index >= 15 is 0 Å². The molecule has 4 N–H and O–H groups in total. The van der Waals surface area contributed by atoms with Crippen LogP contribution in [0.15, 0.2) is 42.5 Å². The Balaban J connectivity index is 0.000000852. The number of nitriles is 1. The van der Waals surface area contributed by atoms with E-state index in [2.05, 4.69) is 31.8 Å². The van der Waals surface area contributed by atoms with Crippen molar-refractivity contribution in [3.63, 3.8) is 0 Å². The smallest absolute Gasteiger partial charge is 0.870 e. The minimum absolute atomic E-state index is 0. The molecule has 1 unspecified atom stereocenters. The maximum Gasteiger partial charge on any atom is 1.00 e. The van der Waals surface area contributed by atoms with Crippen LogP contribution in [0.3, 0.4) is 0 Å². The molecular weight excluding hydrogens is 595 g/mol. The first-order valence-electron chi connectivity index (χ1n) is 14.0. The third kappa shape index (κ3) is 14.0. The van der Waals surface area contributed by atoms with E-state index in [9.17, 15) is 23.2 Å². The average molecular weight is 637 g/mol. The van der Waals surface area contributed by atoms with Gasteiger partial charge in [0, 0.05) is 41.4 Å². The minimum Gasteiger partial charge on any atom is -0.870 e. The number of likely N-dealkylation sites (tertiary alicyclic amines) is 1. The Morgan fingerprint density at radius 3 is 2.41 bits per heavy atom. The second-order valence-corrected chi connectivity index (χ2v) is 10.8. The van der Waals surface area contributed by atoms with Gasteiger partial charge < -0.3 is 32.4 Å². The molecule has 1 aliphatic rings. The zero-order chi connectivity index (χ0) is 31.2. The van der Waals surface area contributed by atoms with Gasteiger partial charge in [0.1, 0.15) is 11.6 Å². The van der Waals surface area contributed by atoms with Crippen LogP contribution in [0.4, 0.5) is 14.5 Å². The number of nitrogens with zero attached hydrogens (tertiary/aromatic N) is 3. The van der Waals surface area contributed by atoms with E-state index in [4.69, 9.17) is 11.0 Å². The number of hydrogen-bond donors (Lipinski definition) is 2. The van der Waals surface area contributed by atoms with Crippen molar-refractivity contribution in [2.24, 2.45) is 5.92 Å². The second kappa shape index (κ2) is 21.1. The van der Waals surface area contributed by atoms with E-state index in [0.29, 0.717) is 67.3 Å². The summed E-state index contributed by atoms with van der Waals surface area (Å²) in [6, 6.07) is 12.3. The van der Waals surface area contributed by atoms with E-state index in [1.54, 1.807) is 37.3 Å². The van der Waals surface area contributed by atoms with Crippen LogP contribution >= 0.6 is 0 Å². The molecule has 44 heavy (non-hydrogen) atoms. The van der Waals surface area contributed by atoms with Gasteiger partial charge in [-0.05, 0) is 62.1 Å². The van der Waals surface area contributed by atoms with Crippen LogP contribution in [0.25, 0.3) is 10.9 Å². The molecule has 2 aromatic carbocycles. The number of rotatable bonds is 9. The van der Waals surface area contributed by atoms with E-state index in [1.165, 1.54) is 15.9 Å². The number of nitrogens with one attached hydrogen (secondary N) is 1. The SMILES string of the molecule is CC(C)C.Cc1cc2c(F)cc(F)cc2[nH]1.N#CC1C[CH-]CN1C(=O)CN(C=O)CCCCC(=O)c1ccc(N)cc1.[K+].[OH-]. The molecule has 0 saturated carbocycles. The number of aryl methyl sites for hydroxylation is 1. The maximum atomic E-state index is 13.0. The number of ketones is 1. The first-order valence-corrected chi connectivity index (χ1v) is 14.0. The van der Waals surface area contributed by atoms with Crippen LogP contribution in [0, 0.1) is 42.2 Å². The van der Waals surface area contributed by atoms with Crippen LogP contribution < -0.4 is 57.1 Å². The molecule has 2 amide bonds. The minimum atomic E-state index is -0.554. The molecule has 0 spiro atoms. The number of hydrogen-bond acceptors (Lipinski definition) is 6. The Kier molecular flexibility index (Phi) is 19.9. The van der Waals surface area contributed by atoms with Crippen LogP contribution in [0.1, 0.15) is 62.5 Å².